The second-order valence-electron chi connectivity index (χ2n) is 13.4. The first-order valence-corrected chi connectivity index (χ1v) is 15.5. The number of nitrogens with zero attached hydrogens (tertiary/aromatic N) is 1. The largest absolute Gasteiger partial charge is 0.456 e. The van der Waals surface area contributed by atoms with E-state index in [-0.39, 0.29) is 10.8 Å². The van der Waals surface area contributed by atoms with Crippen molar-refractivity contribution in [1.82, 2.24) is 0 Å². The average Bonchev–Trinajstić information content (AvgIpc) is 3.61. The van der Waals surface area contributed by atoms with Crippen molar-refractivity contribution in [1.29, 1.82) is 0 Å². The highest BCUT2D eigenvalue weighted by Gasteiger charge is 2.39. The summed E-state index contributed by atoms with van der Waals surface area (Å²) < 4.78 is 6.25. The highest BCUT2D eigenvalue weighted by Crippen LogP contribution is 2.55. The summed E-state index contributed by atoms with van der Waals surface area (Å²) in [5.74, 6) is 0. The molecule has 2 aliphatic carbocycles. The van der Waals surface area contributed by atoms with E-state index in [0.29, 0.717) is 0 Å². The Bertz CT molecular complexity index is 2300. The molecule has 0 bridgehead atoms. The Hall–Kier alpha value is -5.08. The third kappa shape index (κ3) is 3.31. The summed E-state index contributed by atoms with van der Waals surface area (Å²) in [5, 5.41) is 2.27. The lowest BCUT2D eigenvalue weighted by Gasteiger charge is -2.30. The number of anilines is 3. The number of hydrogen-bond acceptors (Lipinski definition) is 2. The van der Waals surface area contributed by atoms with Crippen LogP contribution in [0.25, 0.3) is 44.2 Å². The number of para-hydroxylation sites is 1. The van der Waals surface area contributed by atoms with Crippen LogP contribution < -0.4 is 4.90 Å². The van der Waals surface area contributed by atoms with Gasteiger partial charge in [-0.2, -0.15) is 0 Å². The summed E-state index contributed by atoms with van der Waals surface area (Å²) in [7, 11) is 0. The third-order valence-electron chi connectivity index (χ3n) is 10.3. The standard InChI is InChI=1S/C42H33NO/c1-41(2)34-16-9-6-14-31(34)40-35(41)17-11-18-37(40)43(26-21-23-39-32(24-26)30-13-7-10-19-38(30)44-39)27-20-22-29-28-12-5-8-15-33(28)42(3,4)36(29)25-27/h5-25H,1-4H3. The fourth-order valence-corrected chi connectivity index (χ4v) is 8.03. The van der Waals surface area contributed by atoms with Crippen LogP contribution in [0.15, 0.2) is 132 Å². The van der Waals surface area contributed by atoms with E-state index in [9.17, 15) is 0 Å². The van der Waals surface area contributed by atoms with Crippen molar-refractivity contribution in [3.05, 3.63) is 150 Å². The Morgan fingerprint density at radius 3 is 1.89 bits per heavy atom. The molecule has 0 amide bonds. The zero-order valence-corrected chi connectivity index (χ0v) is 25.5. The lowest BCUT2D eigenvalue weighted by molar-refractivity contribution is 0.660. The predicted molar refractivity (Wildman–Crippen MR) is 184 cm³/mol. The van der Waals surface area contributed by atoms with Gasteiger partial charge in [-0.1, -0.05) is 113 Å². The predicted octanol–water partition coefficient (Wildman–Crippen LogP) is 11.7. The van der Waals surface area contributed by atoms with E-state index in [1.807, 2.05) is 6.07 Å². The molecule has 0 spiro atoms. The van der Waals surface area contributed by atoms with Crippen LogP contribution in [0.2, 0.25) is 0 Å². The van der Waals surface area contributed by atoms with Crippen LogP contribution in [0.4, 0.5) is 17.1 Å². The topological polar surface area (TPSA) is 16.4 Å². The van der Waals surface area contributed by atoms with E-state index < -0.39 is 0 Å². The molecule has 0 fully saturated rings. The molecular weight excluding hydrogens is 534 g/mol. The molecule has 9 rings (SSSR count). The molecule has 0 saturated carbocycles. The lowest BCUT2D eigenvalue weighted by Crippen LogP contribution is -2.17. The van der Waals surface area contributed by atoms with Gasteiger partial charge >= 0.3 is 0 Å². The van der Waals surface area contributed by atoms with Gasteiger partial charge < -0.3 is 9.32 Å². The Balaban J connectivity index is 1.33. The van der Waals surface area contributed by atoms with Crippen molar-refractivity contribution in [2.24, 2.45) is 0 Å². The Morgan fingerprint density at radius 2 is 1.05 bits per heavy atom. The molecule has 1 heterocycles. The summed E-state index contributed by atoms with van der Waals surface area (Å²) in [4.78, 5) is 2.47. The summed E-state index contributed by atoms with van der Waals surface area (Å²) in [6.45, 7) is 9.41. The van der Waals surface area contributed by atoms with Gasteiger partial charge in [-0.05, 0) is 81.4 Å². The van der Waals surface area contributed by atoms with Crippen molar-refractivity contribution in [3.63, 3.8) is 0 Å². The second kappa shape index (κ2) is 8.74. The van der Waals surface area contributed by atoms with E-state index in [4.69, 9.17) is 4.42 Å². The van der Waals surface area contributed by atoms with Crippen molar-refractivity contribution in [2.75, 3.05) is 4.90 Å². The zero-order valence-electron chi connectivity index (χ0n) is 25.5. The smallest absolute Gasteiger partial charge is 0.135 e. The first-order valence-electron chi connectivity index (χ1n) is 15.5. The molecular formula is C42H33NO. The van der Waals surface area contributed by atoms with Crippen molar-refractivity contribution < 1.29 is 4.42 Å². The summed E-state index contributed by atoms with van der Waals surface area (Å²) in [6, 6.07) is 46.7. The van der Waals surface area contributed by atoms with Crippen LogP contribution in [0.1, 0.15) is 49.9 Å². The highest BCUT2D eigenvalue weighted by molar-refractivity contribution is 6.07. The summed E-state index contributed by atoms with van der Waals surface area (Å²) in [5.41, 5.74) is 15.9. The molecule has 2 heteroatoms. The maximum absolute atomic E-state index is 6.25. The summed E-state index contributed by atoms with van der Waals surface area (Å²) in [6.07, 6.45) is 0. The molecule has 0 atom stereocenters. The maximum atomic E-state index is 6.25. The van der Waals surface area contributed by atoms with Crippen molar-refractivity contribution in [2.45, 2.75) is 38.5 Å². The zero-order chi connectivity index (χ0) is 29.8. The maximum Gasteiger partial charge on any atom is 0.135 e. The molecule has 0 unspecified atom stereocenters. The van der Waals surface area contributed by atoms with Crippen LogP contribution in [0.3, 0.4) is 0 Å². The Kier molecular flexibility index (Phi) is 5.05. The molecule has 7 aromatic rings. The molecule has 0 N–H and O–H groups in total. The number of benzene rings is 6. The first kappa shape index (κ1) is 25.4. The van der Waals surface area contributed by atoms with Gasteiger partial charge in [-0.15, -0.1) is 0 Å². The first-order chi connectivity index (χ1) is 21.3. The molecule has 212 valence electrons. The van der Waals surface area contributed by atoms with Gasteiger partial charge in [0.2, 0.25) is 0 Å². The van der Waals surface area contributed by atoms with E-state index in [2.05, 4.69) is 154 Å². The molecule has 44 heavy (non-hydrogen) atoms. The van der Waals surface area contributed by atoms with E-state index in [1.165, 1.54) is 50.2 Å². The number of hydrogen-bond donors (Lipinski definition) is 0. The lowest BCUT2D eigenvalue weighted by atomic mass is 9.82. The normalized spacial score (nSPS) is 15.2. The molecule has 6 aromatic carbocycles. The molecule has 1 aromatic heterocycles. The van der Waals surface area contributed by atoms with Crippen LogP contribution in [-0.2, 0) is 10.8 Å². The number of furan rings is 1. The second-order valence-corrected chi connectivity index (χ2v) is 13.4. The minimum atomic E-state index is -0.0917. The minimum absolute atomic E-state index is 0.0834. The molecule has 0 aliphatic heterocycles. The van der Waals surface area contributed by atoms with Gasteiger partial charge in [-0.3, -0.25) is 0 Å². The molecule has 2 aliphatic rings. The molecule has 0 radical (unpaired) electrons. The van der Waals surface area contributed by atoms with Crippen LogP contribution in [0, 0.1) is 0 Å². The van der Waals surface area contributed by atoms with Gasteiger partial charge in [0.25, 0.3) is 0 Å². The minimum Gasteiger partial charge on any atom is -0.456 e. The number of fused-ring (bicyclic) bond motifs is 9. The summed E-state index contributed by atoms with van der Waals surface area (Å²) >= 11 is 0. The quantitative estimate of drug-likeness (QED) is 0.211. The van der Waals surface area contributed by atoms with E-state index >= 15 is 0 Å². The SMILES string of the molecule is CC1(C)c2ccccc2-c2ccc(N(c3ccc4oc5ccccc5c4c3)c3cccc4c3-c3ccccc3C4(C)C)cc21. The molecule has 2 nitrogen and oxygen atoms in total. The highest BCUT2D eigenvalue weighted by atomic mass is 16.3. The van der Waals surface area contributed by atoms with Gasteiger partial charge in [0.05, 0.1) is 5.69 Å². The van der Waals surface area contributed by atoms with Gasteiger partial charge in [0, 0.05) is 38.5 Å². The van der Waals surface area contributed by atoms with Gasteiger partial charge in [0.1, 0.15) is 11.2 Å². The average molecular weight is 568 g/mol. The van der Waals surface area contributed by atoms with Crippen LogP contribution in [0.5, 0.6) is 0 Å². The molecule has 0 saturated heterocycles. The third-order valence-corrected chi connectivity index (χ3v) is 10.3. The van der Waals surface area contributed by atoms with Crippen molar-refractivity contribution in [3.8, 4) is 22.3 Å². The Morgan fingerprint density at radius 1 is 0.455 bits per heavy atom. The van der Waals surface area contributed by atoms with Crippen LogP contribution in [-0.4, -0.2) is 0 Å². The Labute approximate surface area is 258 Å². The van der Waals surface area contributed by atoms with Gasteiger partial charge in [0.15, 0.2) is 0 Å². The van der Waals surface area contributed by atoms with Crippen molar-refractivity contribution >= 4 is 39.0 Å². The number of rotatable bonds is 3. The monoisotopic (exact) mass is 567 g/mol. The van der Waals surface area contributed by atoms with E-state index in [0.717, 1.165) is 33.3 Å². The van der Waals surface area contributed by atoms with E-state index in [1.54, 1.807) is 0 Å². The fourth-order valence-electron chi connectivity index (χ4n) is 8.03. The fraction of sp³-hybridized carbons (Fsp3) is 0.143. The van der Waals surface area contributed by atoms with Gasteiger partial charge in [-0.25, -0.2) is 0 Å². The van der Waals surface area contributed by atoms with Crippen LogP contribution >= 0.6 is 0 Å².